The van der Waals surface area contributed by atoms with Gasteiger partial charge in [-0.15, -0.1) is 11.3 Å². The van der Waals surface area contributed by atoms with E-state index in [9.17, 15) is 5.26 Å². The third-order valence-electron chi connectivity index (χ3n) is 9.86. The van der Waals surface area contributed by atoms with Gasteiger partial charge in [0.25, 0.3) is 0 Å². The molecule has 57 heavy (non-hydrogen) atoms. The van der Waals surface area contributed by atoms with Crippen molar-refractivity contribution in [1.82, 2.24) is 29.9 Å². The molecule has 0 bridgehead atoms. The second-order valence-electron chi connectivity index (χ2n) is 13.5. The van der Waals surface area contributed by atoms with Gasteiger partial charge in [-0.1, -0.05) is 152 Å². The number of thiophene rings is 1. The van der Waals surface area contributed by atoms with Crippen LogP contribution >= 0.6 is 11.3 Å². The quantitative estimate of drug-likeness (QED) is 0.160. The molecule has 0 N–H and O–H groups in total. The molecule has 7 nitrogen and oxygen atoms in total. The normalized spacial score (nSPS) is 11.1. The maximum absolute atomic E-state index is 9.22. The van der Waals surface area contributed by atoms with E-state index in [1.54, 1.807) is 11.3 Å². The topological polar surface area (TPSA) is 101 Å². The molecule has 0 fully saturated rings. The molecule has 10 aromatic rings. The van der Waals surface area contributed by atoms with Crippen molar-refractivity contribution >= 4 is 31.5 Å². The lowest BCUT2D eigenvalue weighted by atomic mass is 10.0. The third-order valence-corrected chi connectivity index (χ3v) is 11.1. The summed E-state index contributed by atoms with van der Waals surface area (Å²) in [4.78, 5) is 30.0. The van der Waals surface area contributed by atoms with Crippen molar-refractivity contribution in [1.29, 1.82) is 5.26 Å². The number of rotatable bonds is 7. The van der Waals surface area contributed by atoms with E-state index in [1.807, 2.05) is 127 Å². The van der Waals surface area contributed by atoms with Crippen LogP contribution in [0.1, 0.15) is 5.56 Å². The van der Waals surface area contributed by atoms with Crippen LogP contribution in [0.5, 0.6) is 0 Å². The minimum Gasteiger partial charge on any atom is -0.208 e. The Kier molecular flexibility index (Phi) is 8.60. The third kappa shape index (κ3) is 6.59. The summed E-state index contributed by atoms with van der Waals surface area (Å²) in [5.41, 5.74) is 8.20. The maximum Gasteiger partial charge on any atom is 0.165 e. The molecule has 3 heterocycles. The van der Waals surface area contributed by atoms with Crippen molar-refractivity contribution in [2.45, 2.75) is 0 Å². The first-order chi connectivity index (χ1) is 28.2. The average molecular weight is 748 g/mol. The molecule has 0 unspecified atom stereocenters. The standard InChI is InChI=1S/C49H29N7S/c50-30-31-19-21-32(22-20-31)33-23-25-37(26-24-33)47-51-44(34-11-4-1-5-12-34)53-48(54-47)38-27-28-39-40-17-10-18-41(43(40)57-42(39)29-38)49-55-45(35-13-6-2-7-14-35)52-46(56-49)36-15-8-3-9-16-36/h1-29H. The van der Waals surface area contributed by atoms with Gasteiger partial charge in [-0.3, -0.25) is 0 Å². The fraction of sp³-hybridized carbons (Fsp3) is 0. The first kappa shape index (κ1) is 33.8. The van der Waals surface area contributed by atoms with Crippen LogP contribution in [0.2, 0.25) is 0 Å². The summed E-state index contributed by atoms with van der Waals surface area (Å²) in [7, 11) is 0. The van der Waals surface area contributed by atoms with Gasteiger partial charge < -0.3 is 0 Å². The molecule has 0 atom stereocenters. The summed E-state index contributed by atoms with van der Waals surface area (Å²) < 4.78 is 2.20. The van der Waals surface area contributed by atoms with E-state index < -0.39 is 0 Å². The van der Waals surface area contributed by atoms with Crippen molar-refractivity contribution in [2.75, 3.05) is 0 Å². The summed E-state index contributed by atoms with van der Waals surface area (Å²) in [5.74, 6) is 3.66. The van der Waals surface area contributed by atoms with Gasteiger partial charge in [0.05, 0.1) is 11.6 Å². The van der Waals surface area contributed by atoms with E-state index in [0.29, 0.717) is 40.5 Å². The second-order valence-corrected chi connectivity index (χ2v) is 14.5. The number of nitrogens with zero attached hydrogens (tertiary/aromatic N) is 7. The lowest BCUT2D eigenvalue weighted by Gasteiger charge is -2.09. The number of nitriles is 1. The van der Waals surface area contributed by atoms with Crippen LogP contribution in [0, 0.1) is 11.3 Å². The van der Waals surface area contributed by atoms with Crippen molar-refractivity contribution in [3.63, 3.8) is 0 Å². The Morgan fingerprint density at radius 2 is 0.772 bits per heavy atom. The molecular weight excluding hydrogens is 719 g/mol. The van der Waals surface area contributed by atoms with Gasteiger partial charge in [0.15, 0.2) is 34.9 Å². The molecular formula is C49H29N7S. The largest absolute Gasteiger partial charge is 0.208 e. The number of hydrogen-bond acceptors (Lipinski definition) is 8. The molecule has 3 aromatic heterocycles. The number of hydrogen-bond donors (Lipinski definition) is 0. The molecule has 0 spiro atoms. The van der Waals surface area contributed by atoms with Gasteiger partial charge >= 0.3 is 0 Å². The summed E-state index contributed by atoms with van der Waals surface area (Å²) in [5, 5.41) is 11.5. The molecule has 0 aliphatic rings. The summed E-state index contributed by atoms with van der Waals surface area (Å²) >= 11 is 1.71. The highest BCUT2D eigenvalue weighted by Gasteiger charge is 2.18. The van der Waals surface area contributed by atoms with E-state index >= 15 is 0 Å². The van der Waals surface area contributed by atoms with Crippen LogP contribution in [0.4, 0.5) is 0 Å². The Bertz CT molecular complexity index is 3050. The van der Waals surface area contributed by atoms with Gasteiger partial charge in [0.2, 0.25) is 0 Å². The van der Waals surface area contributed by atoms with Crippen LogP contribution in [-0.4, -0.2) is 29.9 Å². The Morgan fingerprint density at radius 3 is 1.28 bits per heavy atom. The summed E-state index contributed by atoms with van der Waals surface area (Å²) in [6.07, 6.45) is 0. The van der Waals surface area contributed by atoms with Gasteiger partial charge in [-0.2, -0.15) is 5.26 Å². The fourth-order valence-electron chi connectivity index (χ4n) is 6.94. The highest BCUT2D eigenvalue weighted by molar-refractivity contribution is 7.26. The zero-order valence-electron chi connectivity index (χ0n) is 30.3. The maximum atomic E-state index is 9.22. The average Bonchev–Trinajstić information content (AvgIpc) is 3.68. The minimum atomic E-state index is 0.585. The van der Waals surface area contributed by atoms with Gasteiger partial charge in [0.1, 0.15) is 0 Å². The zero-order chi connectivity index (χ0) is 38.1. The lowest BCUT2D eigenvalue weighted by Crippen LogP contribution is -2.00. The zero-order valence-corrected chi connectivity index (χ0v) is 31.1. The van der Waals surface area contributed by atoms with E-state index in [-0.39, 0.29) is 0 Å². The minimum absolute atomic E-state index is 0.585. The first-order valence-corrected chi connectivity index (χ1v) is 19.2. The van der Waals surface area contributed by atoms with Gasteiger partial charge in [-0.05, 0) is 35.4 Å². The van der Waals surface area contributed by atoms with Crippen LogP contribution in [0.3, 0.4) is 0 Å². The summed E-state index contributed by atoms with van der Waals surface area (Å²) in [6.45, 7) is 0. The molecule has 0 aliphatic heterocycles. The van der Waals surface area contributed by atoms with Crippen molar-refractivity contribution in [3.8, 4) is 85.5 Å². The Balaban J connectivity index is 1.08. The molecule has 10 rings (SSSR count). The molecule has 0 radical (unpaired) electrons. The molecule has 0 saturated carbocycles. The Hall–Kier alpha value is -7.73. The SMILES string of the molecule is N#Cc1ccc(-c2ccc(-c3nc(-c4ccccc4)nc(-c4ccc5c(c4)sc4c(-c6nc(-c7ccccc7)nc(-c7ccccc7)n6)cccc45)n3)cc2)cc1. The smallest absolute Gasteiger partial charge is 0.165 e. The molecule has 0 aliphatic carbocycles. The number of fused-ring (bicyclic) bond motifs is 3. The molecule has 8 heteroatoms. The van der Waals surface area contributed by atoms with E-state index in [1.165, 1.54) is 0 Å². The number of aromatic nitrogens is 6. The fourth-order valence-corrected chi connectivity index (χ4v) is 8.19. The highest BCUT2D eigenvalue weighted by atomic mass is 32.1. The van der Waals surface area contributed by atoms with Crippen LogP contribution in [0.15, 0.2) is 176 Å². The monoisotopic (exact) mass is 747 g/mol. The molecule has 0 amide bonds. The van der Waals surface area contributed by atoms with Gasteiger partial charge in [-0.25, -0.2) is 29.9 Å². The lowest BCUT2D eigenvalue weighted by molar-refractivity contribution is 1.07. The Morgan fingerprint density at radius 1 is 0.351 bits per heavy atom. The summed E-state index contributed by atoms with van der Waals surface area (Å²) in [6, 6.07) is 60.8. The Labute approximate surface area is 332 Å². The molecule has 7 aromatic carbocycles. The van der Waals surface area contributed by atoms with Crippen LogP contribution < -0.4 is 0 Å². The number of benzene rings is 7. The molecule has 0 saturated heterocycles. The van der Waals surface area contributed by atoms with Crippen molar-refractivity contribution < 1.29 is 0 Å². The van der Waals surface area contributed by atoms with Crippen molar-refractivity contribution in [3.05, 3.63) is 181 Å². The van der Waals surface area contributed by atoms with Gasteiger partial charge in [0, 0.05) is 53.6 Å². The molecule has 266 valence electrons. The van der Waals surface area contributed by atoms with Crippen LogP contribution in [-0.2, 0) is 0 Å². The predicted octanol–water partition coefficient (Wildman–Crippen LogP) is 12.0. The first-order valence-electron chi connectivity index (χ1n) is 18.4. The van der Waals surface area contributed by atoms with Crippen LogP contribution in [0.25, 0.3) is 99.6 Å². The van der Waals surface area contributed by atoms with E-state index in [4.69, 9.17) is 29.9 Å². The van der Waals surface area contributed by atoms with E-state index in [2.05, 4.69) is 54.6 Å². The second kappa shape index (κ2) is 14.5. The van der Waals surface area contributed by atoms with E-state index in [0.717, 1.165) is 64.7 Å². The van der Waals surface area contributed by atoms with Crippen molar-refractivity contribution in [2.24, 2.45) is 0 Å². The predicted molar refractivity (Wildman–Crippen MR) is 229 cm³/mol. The highest BCUT2D eigenvalue weighted by Crippen LogP contribution is 2.41.